The van der Waals surface area contributed by atoms with Gasteiger partial charge in [-0.25, -0.2) is 0 Å². The minimum absolute atomic E-state index is 0.201. The molecule has 0 saturated heterocycles. The lowest BCUT2D eigenvalue weighted by atomic mass is 9.98. The summed E-state index contributed by atoms with van der Waals surface area (Å²) in [6.07, 6.45) is -3.01. The zero-order valence-corrected chi connectivity index (χ0v) is 11.4. The van der Waals surface area contributed by atoms with Gasteiger partial charge < -0.3 is 11.5 Å². The van der Waals surface area contributed by atoms with Crippen LogP contribution in [0.4, 0.5) is 13.2 Å². The number of nitrogens with two attached hydrogens (primary N) is 2. The van der Waals surface area contributed by atoms with Gasteiger partial charge in [-0.05, 0) is 23.3 Å². The molecule has 0 heterocycles. The molecule has 2 aromatic carbocycles. The summed E-state index contributed by atoms with van der Waals surface area (Å²) >= 11 is 0. The second-order valence-corrected chi connectivity index (χ2v) is 4.44. The fourth-order valence-corrected chi connectivity index (χ4v) is 1.89. The van der Waals surface area contributed by atoms with Crippen molar-refractivity contribution in [2.75, 3.05) is 0 Å². The lowest BCUT2D eigenvalue weighted by Gasteiger charge is -2.10. The van der Waals surface area contributed by atoms with E-state index in [0.717, 1.165) is 12.1 Å². The Balaban J connectivity index is 2.46. The lowest BCUT2D eigenvalue weighted by Crippen LogP contribution is -2.21. The molecule has 0 saturated carbocycles. The third-order valence-corrected chi connectivity index (χ3v) is 2.83. The van der Waals surface area contributed by atoms with Crippen LogP contribution >= 0.6 is 0 Å². The van der Waals surface area contributed by atoms with E-state index in [-0.39, 0.29) is 5.96 Å². The third-order valence-electron chi connectivity index (χ3n) is 2.83. The van der Waals surface area contributed by atoms with Gasteiger partial charge in [0.2, 0.25) is 5.96 Å². The fourth-order valence-electron chi connectivity index (χ4n) is 1.89. The van der Waals surface area contributed by atoms with E-state index < -0.39 is 11.7 Å². The largest absolute Gasteiger partial charge is 0.416 e. The highest BCUT2D eigenvalue weighted by Gasteiger charge is 2.30. The molecule has 4 N–H and O–H groups in total. The van der Waals surface area contributed by atoms with E-state index in [1.54, 1.807) is 30.3 Å². The minimum atomic E-state index is -4.39. The molecule has 0 atom stereocenters. The SMILES string of the molecule is NC(N)=NN=Cc1ccccc1-c1cccc(C(F)(F)F)c1. The molecule has 0 amide bonds. The zero-order valence-electron chi connectivity index (χ0n) is 11.4. The summed E-state index contributed by atoms with van der Waals surface area (Å²) < 4.78 is 38.4. The van der Waals surface area contributed by atoms with Crippen LogP contribution in [0.5, 0.6) is 0 Å². The van der Waals surface area contributed by atoms with Crippen LogP contribution in [0.2, 0.25) is 0 Å². The molecule has 0 unspecified atom stereocenters. The van der Waals surface area contributed by atoms with Crippen LogP contribution < -0.4 is 11.5 Å². The van der Waals surface area contributed by atoms with Crippen molar-refractivity contribution in [2.45, 2.75) is 6.18 Å². The Hall–Kier alpha value is -2.83. The molecule has 0 aliphatic rings. The van der Waals surface area contributed by atoms with Crippen molar-refractivity contribution in [3.8, 4) is 11.1 Å². The number of guanidine groups is 1. The van der Waals surface area contributed by atoms with E-state index >= 15 is 0 Å². The number of hydrogen-bond donors (Lipinski definition) is 2. The van der Waals surface area contributed by atoms with E-state index in [1.807, 2.05) is 0 Å². The van der Waals surface area contributed by atoms with Gasteiger partial charge in [0.1, 0.15) is 0 Å². The second-order valence-electron chi connectivity index (χ2n) is 4.44. The summed E-state index contributed by atoms with van der Waals surface area (Å²) in [5, 5.41) is 7.16. The molecule has 0 aliphatic carbocycles. The molecule has 4 nitrogen and oxygen atoms in total. The average Bonchev–Trinajstić information content (AvgIpc) is 2.47. The van der Waals surface area contributed by atoms with E-state index in [4.69, 9.17) is 11.5 Å². The van der Waals surface area contributed by atoms with Crippen LogP contribution in [0, 0.1) is 0 Å². The van der Waals surface area contributed by atoms with E-state index in [1.165, 1.54) is 12.3 Å². The maximum Gasteiger partial charge on any atom is 0.416 e. The molecule has 7 heteroatoms. The van der Waals surface area contributed by atoms with E-state index in [0.29, 0.717) is 16.7 Å². The molecular weight excluding hydrogens is 293 g/mol. The first kappa shape index (κ1) is 15.6. The van der Waals surface area contributed by atoms with Crippen molar-refractivity contribution in [1.29, 1.82) is 0 Å². The molecular formula is C15H13F3N4. The van der Waals surface area contributed by atoms with Crippen LogP contribution in [0.1, 0.15) is 11.1 Å². The Bertz CT molecular complexity index is 717. The van der Waals surface area contributed by atoms with Crippen molar-refractivity contribution in [3.05, 3.63) is 59.7 Å². The van der Waals surface area contributed by atoms with Crippen molar-refractivity contribution in [2.24, 2.45) is 21.7 Å². The number of hydrogen-bond acceptors (Lipinski definition) is 2. The van der Waals surface area contributed by atoms with Gasteiger partial charge in [-0.2, -0.15) is 18.3 Å². The molecule has 22 heavy (non-hydrogen) atoms. The molecule has 0 fully saturated rings. The Morgan fingerprint density at radius 2 is 1.73 bits per heavy atom. The van der Waals surface area contributed by atoms with Crippen molar-refractivity contribution >= 4 is 12.2 Å². The summed E-state index contributed by atoms with van der Waals surface area (Å²) in [6, 6.07) is 12.0. The Morgan fingerprint density at radius 3 is 2.41 bits per heavy atom. The molecule has 114 valence electrons. The van der Waals surface area contributed by atoms with Gasteiger partial charge in [-0.1, -0.05) is 36.4 Å². The van der Waals surface area contributed by atoms with Gasteiger partial charge in [-0.3, -0.25) is 0 Å². The minimum Gasteiger partial charge on any atom is -0.369 e. The quantitative estimate of drug-likeness (QED) is 0.519. The first-order chi connectivity index (χ1) is 10.4. The van der Waals surface area contributed by atoms with Crippen LogP contribution in [0.15, 0.2) is 58.7 Å². The van der Waals surface area contributed by atoms with Gasteiger partial charge in [0, 0.05) is 5.56 Å². The summed E-state index contributed by atoms with van der Waals surface area (Å²) in [5.74, 6) is -0.201. The van der Waals surface area contributed by atoms with Crippen molar-refractivity contribution < 1.29 is 13.2 Å². The van der Waals surface area contributed by atoms with Gasteiger partial charge in [0.25, 0.3) is 0 Å². The number of halogens is 3. The first-order valence-corrected chi connectivity index (χ1v) is 6.26. The standard InChI is InChI=1S/C15H13F3N4/c16-15(17,18)12-6-3-5-10(8-12)13-7-2-1-4-11(13)9-21-22-14(19)20/h1-9H,(H4,19,20,22). The van der Waals surface area contributed by atoms with E-state index in [9.17, 15) is 13.2 Å². The van der Waals surface area contributed by atoms with Gasteiger partial charge >= 0.3 is 6.18 Å². The fraction of sp³-hybridized carbons (Fsp3) is 0.0667. The Morgan fingerprint density at radius 1 is 1.00 bits per heavy atom. The smallest absolute Gasteiger partial charge is 0.369 e. The number of benzene rings is 2. The average molecular weight is 306 g/mol. The predicted molar refractivity (Wildman–Crippen MR) is 80.3 cm³/mol. The second kappa shape index (κ2) is 6.30. The summed E-state index contributed by atoms with van der Waals surface area (Å²) in [7, 11) is 0. The maximum atomic E-state index is 12.8. The lowest BCUT2D eigenvalue weighted by molar-refractivity contribution is -0.137. The summed E-state index contributed by atoms with van der Waals surface area (Å²) in [5.41, 5.74) is 11.3. The highest BCUT2D eigenvalue weighted by Crippen LogP contribution is 2.32. The van der Waals surface area contributed by atoms with Crippen LogP contribution in [0.3, 0.4) is 0 Å². The van der Waals surface area contributed by atoms with E-state index in [2.05, 4.69) is 10.2 Å². The normalized spacial score (nSPS) is 11.6. The molecule has 2 aromatic rings. The third kappa shape index (κ3) is 3.85. The molecule has 0 aliphatic heterocycles. The number of nitrogens with zero attached hydrogens (tertiary/aromatic N) is 2. The van der Waals surface area contributed by atoms with Gasteiger partial charge in [0.05, 0.1) is 11.8 Å². The first-order valence-electron chi connectivity index (χ1n) is 6.26. The summed E-state index contributed by atoms with van der Waals surface area (Å²) in [4.78, 5) is 0. The maximum absolute atomic E-state index is 12.8. The highest BCUT2D eigenvalue weighted by molar-refractivity contribution is 5.90. The number of rotatable bonds is 3. The summed E-state index contributed by atoms with van der Waals surface area (Å²) in [6.45, 7) is 0. The topological polar surface area (TPSA) is 76.8 Å². The van der Waals surface area contributed by atoms with Crippen molar-refractivity contribution in [3.63, 3.8) is 0 Å². The van der Waals surface area contributed by atoms with Gasteiger partial charge in [-0.15, -0.1) is 5.10 Å². The van der Waals surface area contributed by atoms with Crippen LogP contribution in [0.25, 0.3) is 11.1 Å². The highest BCUT2D eigenvalue weighted by atomic mass is 19.4. The molecule has 0 radical (unpaired) electrons. The molecule has 0 aromatic heterocycles. The van der Waals surface area contributed by atoms with Gasteiger partial charge in [0.15, 0.2) is 0 Å². The molecule has 0 spiro atoms. The predicted octanol–water partition coefficient (Wildman–Crippen LogP) is 2.98. The van der Waals surface area contributed by atoms with Crippen LogP contribution in [-0.2, 0) is 6.18 Å². The van der Waals surface area contributed by atoms with Crippen LogP contribution in [-0.4, -0.2) is 12.2 Å². The zero-order chi connectivity index (χ0) is 16.2. The van der Waals surface area contributed by atoms with Crippen molar-refractivity contribution in [1.82, 2.24) is 0 Å². The monoisotopic (exact) mass is 306 g/mol. The Kier molecular flexibility index (Phi) is 4.45. The number of alkyl halides is 3. The molecule has 0 bridgehead atoms. The Labute approximate surface area is 125 Å². The molecule has 2 rings (SSSR count).